The molecule has 0 bridgehead atoms. The Morgan fingerprint density at radius 2 is 1.52 bits per heavy atom. The van der Waals surface area contributed by atoms with Gasteiger partial charge < -0.3 is 23.7 Å². The quantitative estimate of drug-likeness (QED) is 0.553. The number of esters is 2. The molecule has 0 spiro atoms. The second-order valence-electron chi connectivity index (χ2n) is 3.90. The van der Waals surface area contributed by atoms with E-state index >= 15 is 0 Å². The first kappa shape index (κ1) is 16.9. The Morgan fingerprint density at radius 3 is 2.05 bits per heavy atom. The topological polar surface area (TPSA) is 80.3 Å². The predicted octanol–water partition coefficient (Wildman–Crippen LogP) is 1.26. The van der Waals surface area contributed by atoms with Crippen LogP contribution in [0.5, 0.6) is 5.75 Å². The first-order valence-corrected chi connectivity index (χ1v) is 6.06. The fourth-order valence-corrected chi connectivity index (χ4v) is 1.58. The molecule has 0 aliphatic rings. The standard InChI is InChI=1S/C14H18O7/c1-17-12(18-2)8-21-9-5-6-10(13(15)19-3)11(7-9)14(16)20-4/h5-7,12H,8H2,1-4H3. The summed E-state index contributed by atoms with van der Waals surface area (Å²) in [5.41, 5.74) is 0.167. The second-order valence-corrected chi connectivity index (χ2v) is 3.90. The van der Waals surface area contributed by atoms with Gasteiger partial charge in [0.25, 0.3) is 0 Å². The van der Waals surface area contributed by atoms with Gasteiger partial charge in [0.05, 0.1) is 25.3 Å². The van der Waals surface area contributed by atoms with Gasteiger partial charge in [-0.25, -0.2) is 9.59 Å². The number of hydrogen-bond acceptors (Lipinski definition) is 7. The zero-order chi connectivity index (χ0) is 15.8. The molecule has 0 unspecified atom stereocenters. The van der Waals surface area contributed by atoms with Crippen molar-refractivity contribution in [2.45, 2.75) is 6.29 Å². The molecule has 1 rings (SSSR count). The van der Waals surface area contributed by atoms with Crippen molar-refractivity contribution in [3.8, 4) is 5.75 Å². The highest BCUT2D eigenvalue weighted by Gasteiger charge is 2.19. The summed E-state index contributed by atoms with van der Waals surface area (Å²) in [6.45, 7) is 0.130. The van der Waals surface area contributed by atoms with Crippen LogP contribution in [0.4, 0.5) is 0 Å². The lowest BCUT2D eigenvalue weighted by atomic mass is 10.1. The number of carbonyl (C=O) groups is 2. The first-order valence-electron chi connectivity index (χ1n) is 6.06. The van der Waals surface area contributed by atoms with Gasteiger partial charge in [0.15, 0.2) is 6.29 Å². The molecule has 7 nitrogen and oxygen atoms in total. The molecule has 0 amide bonds. The number of hydrogen-bond donors (Lipinski definition) is 0. The van der Waals surface area contributed by atoms with Crippen molar-refractivity contribution in [1.82, 2.24) is 0 Å². The summed E-state index contributed by atoms with van der Waals surface area (Å²) >= 11 is 0. The summed E-state index contributed by atoms with van der Waals surface area (Å²) in [5.74, 6) is -0.911. The van der Waals surface area contributed by atoms with Gasteiger partial charge in [0, 0.05) is 14.2 Å². The van der Waals surface area contributed by atoms with Crippen LogP contribution in [0, 0.1) is 0 Å². The van der Waals surface area contributed by atoms with Crippen LogP contribution in [-0.2, 0) is 18.9 Å². The lowest BCUT2D eigenvalue weighted by Gasteiger charge is -2.15. The van der Waals surface area contributed by atoms with E-state index in [1.165, 1.54) is 40.6 Å². The maximum Gasteiger partial charge on any atom is 0.338 e. The molecule has 0 aromatic heterocycles. The molecule has 21 heavy (non-hydrogen) atoms. The van der Waals surface area contributed by atoms with Crippen molar-refractivity contribution in [3.63, 3.8) is 0 Å². The van der Waals surface area contributed by atoms with Crippen LogP contribution in [0.15, 0.2) is 18.2 Å². The third-order valence-electron chi connectivity index (χ3n) is 2.71. The van der Waals surface area contributed by atoms with Crippen LogP contribution in [0.25, 0.3) is 0 Å². The zero-order valence-corrected chi connectivity index (χ0v) is 12.4. The summed E-state index contributed by atoms with van der Waals surface area (Å²) in [6.07, 6.45) is -0.535. The molecule has 0 fully saturated rings. The molecule has 1 aromatic rings. The van der Waals surface area contributed by atoms with Crippen molar-refractivity contribution in [1.29, 1.82) is 0 Å². The zero-order valence-electron chi connectivity index (χ0n) is 12.4. The highest BCUT2D eigenvalue weighted by atomic mass is 16.7. The molecular weight excluding hydrogens is 280 g/mol. The van der Waals surface area contributed by atoms with E-state index in [0.717, 1.165) is 0 Å². The summed E-state index contributed by atoms with van der Waals surface area (Å²) in [4.78, 5) is 23.3. The van der Waals surface area contributed by atoms with E-state index in [2.05, 4.69) is 9.47 Å². The van der Waals surface area contributed by atoms with Crippen molar-refractivity contribution < 1.29 is 33.3 Å². The summed E-state index contributed by atoms with van der Waals surface area (Å²) < 4.78 is 24.7. The minimum Gasteiger partial charge on any atom is -0.488 e. The highest BCUT2D eigenvalue weighted by molar-refractivity contribution is 6.03. The van der Waals surface area contributed by atoms with Gasteiger partial charge in [-0.15, -0.1) is 0 Å². The molecule has 0 N–H and O–H groups in total. The van der Waals surface area contributed by atoms with Crippen molar-refractivity contribution in [2.24, 2.45) is 0 Å². The van der Waals surface area contributed by atoms with Crippen LogP contribution in [0.1, 0.15) is 20.7 Å². The Morgan fingerprint density at radius 1 is 0.952 bits per heavy atom. The largest absolute Gasteiger partial charge is 0.488 e. The normalized spacial score (nSPS) is 10.3. The van der Waals surface area contributed by atoms with Crippen molar-refractivity contribution >= 4 is 11.9 Å². The fourth-order valence-electron chi connectivity index (χ4n) is 1.58. The third-order valence-corrected chi connectivity index (χ3v) is 2.71. The molecule has 1 aromatic carbocycles. The van der Waals surface area contributed by atoms with Crippen LogP contribution in [0.2, 0.25) is 0 Å². The highest BCUT2D eigenvalue weighted by Crippen LogP contribution is 2.20. The average molecular weight is 298 g/mol. The van der Waals surface area contributed by atoms with Gasteiger partial charge in [-0.05, 0) is 18.2 Å². The molecule has 0 radical (unpaired) electrons. The minimum atomic E-state index is -0.657. The lowest BCUT2D eigenvalue weighted by molar-refractivity contribution is -0.121. The van der Waals surface area contributed by atoms with Gasteiger partial charge in [0.2, 0.25) is 0 Å². The number of carbonyl (C=O) groups excluding carboxylic acids is 2. The van der Waals surface area contributed by atoms with Gasteiger partial charge in [0.1, 0.15) is 12.4 Å². The van der Waals surface area contributed by atoms with Gasteiger partial charge >= 0.3 is 11.9 Å². The molecule has 0 aliphatic carbocycles. The Labute approximate surface area is 122 Å². The predicted molar refractivity (Wildman–Crippen MR) is 72.4 cm³/mol. The molecule has 0 saturated carbocycles. The molecule has 116 valence electrons. The molecule has 7 heteroatoms. The minimum absolute atomic E-state index is 0.0632. The molecule has 0 saturated heterocycles. The number of methoxy groups -OCH3 is 4. The maximum absolute atomic E-state index is 11.7. The second kappa shape index (κ2) is 8.23. The van der Waals surface area contributed by atoms with E-state index in [1.54, 1.807) is 6.07 Å². The SMILES string of the molecule is COC(=O)c1ccc(OCC(OC)OC)cc1C(=O)OC. The van der Waals surface area contributed by atoms with Crippen LogP contribution in [0.3, 0.4) is 0 Å². The first-order chi connectivity index (χ1) is 10.1. The Bertz CT molecular complexity index is 494. The summed E-state index contributed by atoms with van der Waals surface area (Å²) in [7, 11) is 5.42. The van der Waals surface area contributed by atoms with Crippen LogP contribution >= 0.6 is 0 Å². The molecular formula is C14H18O7. The van der Waals surface area contributed by atoms with E-state index in [4.69, 9.17) is 14.2 Å². The smallest absolute Gasteiger partial charge is 0.338 e. The van der Waals surface area contributed by atoms with E-state index in [-0.39, 0.29) is 17.7 Å². The van der Waals surface area contributed by atoms with E-state index in [0.29, 0.717) is 5.75 Å². The van der Waals surface area contributed by atoms with Crippen LogP contribution in [-0.4, -0.2) is 53.3 Å². The third kappa shape index (κ3) is 4.44. The molecule has 0 atom stereocenters. The number of ether oxygens (including phenoxy) is 5. The molecule has 0 aliphatic heterocycles. The molecule has 0 heterocycles. The Kier molecular flexibility index (Phi) is 6.64. The fraction of sp³-hybridized carbons (Fsp3) is 0.429. The van der Waals surface area contributed by atoms with E-state index in [9.17, 15) is 9.59 Å². The van der Waals surface area contributed by atoms with Gasteiger partial charge in [-0.3, -0.25) is 0 Å². The Hall–Kier alpha value is -2.12. The summed E-state index contributed by atoms with van der Waals surface area (Å²) in [6, 6.07) is 4.38. The number of rotatable bonds is 7. The maximum atomic E-state index is 11.7. The van der Waals surface area contributed by atoms with Crippen molar-refractivity contribution in [2.75, 3.05) is 35.0 Å². The lowest BCUT2D eigenvalue weighted by Crippen LogP contribution is -2.22. The number of benzene rings is 1. The van der Waals surface area contributed by atoms with Gasteiger partial charge in [-0.1, -0.05) is 0 Å². The van der Waals surface area contributed by atoms with E-state index < -0.39 is 18.2 Å². The summed E-state index contributed by atoms with van der Waals surface area (Å²) in [5, 5.41) is 0. The monoisotopic (exact) mass is 298 g/mol. The average Bonchev–Trinajstić information content (AvgIpc) is 2.54. The van der Waals surface area contributed by atoms with E-state index in [1.807, 2.05) is 0 Å². The van der Waals surface area contributed by atoms with Gasteiger partial charge in [-0.2, -0.15) is 0 Å². The Balaban J connectivity index is 2.99. The van der Waals surface area contributed by atoms with Crippen molar-refractivity contribution in [3.05, 3.63) is 29.3 Å². The van der Waals surface area contributed by atoms with Crippen LogP contribution < -0.4 is 4.74 Å².